The minimum atomic E-state index is 0.136. The molecule has 24 heavy (non-hydrogen) atoms. The first-order chi connectivity index (χ1) is 11.4. The van der Waals surface area contributed by atoms with E-state index >= 15 is 0 Å². The predicted molar refractivity (Wildman–Crippen MR) is 101 cm³/mol. The number of nitrogens with zero attached hydrogens (tertiary/aromatic N) is 2. The molecule has 0 unspecified atom stereocenters. The molecule has 0 aliphatic carbocycles. The Kier molecular flexibility index (Phi) is 4.54. The highest BCUT2D eigenvalue weighted by Gasteiger charge is 2.13. The lowest BCUT2D eigenvalue weighted by Crippen LogP contribution is -2.10. The van der Waals surface area contributed by atoms with Gasteiger partial charge in [-0.2, -0.15) is 0 Å². The fraction of sp³-hybridized carbons (Fsp3) is 0.200. The summed E-state index contributed by atoms with van der Waals surface area (Å²) in [5.41, 5.74) is 3.33. The molecule has 4 heteroatoms. The number of hydrogen-bond donors (Lipinski definition) is 1. The zero-order valence-corrected chi connectivity index (χ0v) is 14.8. The van der Waals surface area contributed by atoms with Crippen LogP contribution in [0.2, 0.25) is 5.15 Å². The molecule has 0 amide bonds. The number of hydrogen-bond acceptors (Lipinski definition) is 3. The van der Waals surface area contributed by atoms with Crippen LogP contribution in [-0.2, 0) is 5.41 Å². The monoisotopic (exact) mass is 337 g/mol. The minimum Gasteiger partial charge on any atom is -0.340 e. The van der Waals surface area contributed by atoms with Crippen LogP contribution < -0.4 is 5.32 Å². The Morgan fingerprint density at radius 1 is 0.875 bits per heavy atom. The summed E-state index contributed by atoms with van der Waals surface area (Å²) >= 11 is 6.16. The maximum atomic E-state index is 6.16. The molecule has 0 fully saturated rings. The second-order valence-corrected chi connectivity index (χ2v) is 7.11. The molecule has 1 heterocycles. The third kappa shape index (κ3) is 3.92. The highest BCUT2D eigenvalue weighted by molar-refractivity contribution is 6.29. The van der Waals surface area contributed by atoms with E-state index in [1.807, 2.05) is 30.3 Å². The van der Waals surface area contributed by atoms with Crippen LogP contribution in [0.5, 0.6) is 0 Å². The van der Waals surface area contributed by atoms with Gasteiger partial charge in [-0.05, 0) is 23.1 Å². The number of nitrogens with one attached hydrogen (secondary N) is 1. The average molecular weight is 338 g/mol. The molecule has 0 saturated carbocycles. The molecule has 0 aliphatic heterocycles. The summed E-state index contributed by atoms with van der Waals surface area (Å²) in [6, 6.07) is 19.9. The van der Waals surface area contributed by atoms with Gasteiger partial charge in [0.2, 0.25) is 0 Å². The van der Waals surface area contributed by atoms with Crippen molar-refractivity contribution in [1.82, 2.24) is 9.97 Å². The third-order valence-electron chi connectivity index (χ3n) is 3.75. The normalized spacial score (nSPS) is 11.3. The number of aromatic nitrogens is 2. The largest absolute Gasteiger partial charge is 0.340 e. The number of benzene rings is 2. The molecule has 0 atom stereocenters. The lowest BCUT2D eigenvalue weighted by molar-refractivity contribution is 0.590. The smallest absolute Gasteiger partial charge is 0.163 e. The molecule has 3 nitrogen and oxygen atoms in total. The van der Waals surface area contributed by atoms with Crippen molar-refractivity contribution < 1.29 is 0 Å². The van der Waals surface area contributed by atoms with Crippen LogP contribution in [-0.4, -0.2) is 9.97 Å². The first-order valence-electron chi connectivity index (χ1n) is 7.89. The molecule has 3 rings (SSSR count). The van der Waals surface area contributed by atoms with Gasteiger partial charge in [-0.3, -0.25) is 0 Å². The van der Waals surface area contributed by atoms with Crippen molar-refractivity contribution in [2.45, 2.75) is 26.2 Å². The first-order valence-corrected chi connectivity index (χ1v) is 8.27. The molecule has 122 valence electrons. The molecule has 0 spiro atoms. The van der Waals surface area contributed by atoms with Crippen molar-refractivity contribution in [2.24, 2.45) is 0 Å². The summed E-state index contributed by atoms with van der Waals surface area (Å²) < 4.78 is 0. The van der Waals surface area contributed by atoms with Gasteiger partial charge in [-0.15, -0.1) is 0 Å². The zero-order chi connectivity index (χ0) is 17.2. The molecule has 0 radical (unpaired) electrons. The maximum absolute atomic E-state index is 6.16. The topological polar surface area (TPSA) is 37.8 Å². The summed E-state index contributed by atoms with van der Waals surface area (Å²) in [6.45, 7) is 6.60. The van der Waals surface area contributed by atoms with Crippen molar-refractivity contribution in [2.75, 3.05) is 5.32 Å². The molecule has 2 aromatic carbocycles. The van der Waals surface area contributed by atoms with E-state index in [0.717, 1.165) is 11.3 Å². The van der Waals surface area contributed by atoms with Crippen LogP contribution in [0, 0.1) is 0 Å². The van der Waals surface area contributed by atoms with E-state index in [1.165, 1.54) is 5.56 Å². The predicted octanol–water partition coefficient (Wildman–Crippen LogP) is 5.84. The van der Waals surface area contributed by atoms with Crippen LogP contribution in [0.4, 0.5) is 11.5 Å². The van der Waals surface area contributed by atoms with Gasteiger partial charge in [0.05, 0.1) is 0 Å². The Balaban J connectivity index is 1.87. The zero-order valence-electron chi connectivity index (χ0n) is 14.0. The van der Waals surface area contributed by atoms with Gasteiger partial charge in [0, 0.05) is 17.3 Å². The molecule has 1 N–H and O–H groups in total. The fourth-order valence-electron chi connectivity index (χ4n) is 2.40. The van der Waals surface area contributed by atoms with Crippen molar-refractivity contribution in [1.29, 1.82) is 0 Å². The number of anilines is 2. The van der Waals surface area contributed by atoms with Gasteiger partial charge in [-0.1, -0.05) is 74.8 Å². The van der Waals surface area contributed by atoms with Gasteiger partial charge in [0.1, 0.15) is 11.0 Å². The molecule has 0 bridgehead atoms. The fourth-order valence-corrected chi connectivity index (χ4v) is 2.58. The molecular weight excluding hydrogens is 318 g/mol. The quantitative estimate of drug-likeness (QED) is 0.610. The van der Waals surface area contributed by atoms with Crippen LogP contribution in [0.1, 0.15) is 26.3 Å². The highest BCUT2D eigenvalue weighted by atomic mass is 35.5. The Hall–Kier alpha value is -2.39. The first kappa shape index (κ1) is 16.5. The summed E-state index contributed by atoms with van der Waals surface area (Å²) in [7, 11) is 0. The second-order valence-electron chi connectivity index (χ2n) is 6.72. The van der Waals surface area contributed by atoms with Crippen molar-refractivity contribution in [3.63, 3.8) is 0 Å². The summed E-state index contributed by atoms with van der Waals surface area (Å²) in [5, 5.41) is 3.71. The van der Waals surface area contributed by atoms with Crippen molar-refractivity contribution in [3.05, 3.63) is 71.4 Å². The Labute approximate surface area is 147 Å². The second kappa shape index (κ2) is 6.62. The average Bonchev–Trinajstić information content (AvgIpc) is 2.55. The van der Waals surface area contributed by atoms with Gasteiger partial charge >= 0.3 is 0 Å². The molecular formula is C20H20ClN3. The Bertz CT molecular complexity index is 822. The summed E-state index contributed by atoms with van der Waals surface area (Å²) in [6.07, 6.45) is 0. The van der Waals surface area contributed by atoms with Crippen LogP contribution in [0.3, 0.4) is 0 Å². The van der Waals surface area contributed by atoms with Crippen molar-refractivity contribution in [3.8, 4) is 11.4 Å². The Morgan fingerprint density at radius 2 is 1.54 bits per heavy atom. The van der Waals surface area contributed by atoms with Crippen LogP contribution in [0.15, 0.2) is 60.7 Å². The van der Waals surface area contributed by atoms with E-state index in [9.17, 15) is 0 Å². The van der Waals surface area contributed by atoms with E-state index in [-0.39, 0.29) is 5.41 Å². The molecule has 1 aromatic heterocycles. The standard InChI is InChI=1S/C20H20ClN3/c1-20(2,3)15-9-11-16(12-10-15)22-18-13-17(21)23-19(24-18)14-7-5-4-6-8-14/h4-13H,1-3H3,(H,22,23,24). The maximum Gasteiger partial charge on any atom is 0.163 e. The van der Waals surface area contributed by atoms with Crippen LogP contribution in [0.25, 0.3) is 11.4 Å². The van der Waals surface area contributed by atoms with E-state index in [0.29, 0.717) is 16.8 Å². The summed E-state index contributed by atoms with van der Waals surface area (Å²) in [5.74, 6) is 1.29. The lowest BCUT2D eigenvalue weighted by Gasteiger charge is -2.19. The van der Waals surface area contributed by atoms with Gasteiger partial charge in [-0.25, -0.2) is 9.97 Å². The van der Waals surface area contributed by atoms with E-state index in [4.69, 9.17) is 11.6 Å². The third-order valence-corrected chi connectivity index (χ3v) is 3.94. The number of rotatable bonds is 3. The van der Waals surface area contributed by atoms with Gasteiger partial charge in [0.25, 0.3) is 0 Å². The van der Waals surface area contributed by atoms with E-state index in [1.54, 1.807) is 6.07 Å². The molecule has 3 aromatic rings. The molecule has 0 aliphatic rings. The number of halogens is 1. The molecule has 0 saturated heterocycles. The van der Waals surface area contributed by atoms with Gasteiger partial charge in [0.15, 0.2) is 5.82 Å². The van der Waals surface area contributed by atoms with Crippen LogP contribution >= 0.6 is 11.6 Å². The van der Waals surface area contributed by atoms with E-state index in [2.05, 4.69) is 60.3 Å². The minimum absolute atomic E-state index is 0.136. The van der Waals surface area contributed by atoms with E-state index < -0.39 is 0 Å². The summed E-state index contributed by atoms with van der Waals surface area (Å²) in [4.78, 5) is 8.87. The SMILES string of the molecule is CC(C)(C)c1ccc(Nc2cc(Cl)nc(-c3ccccc3)n2)cc1. The highest BCUT2D eigenvalue weighted by Crippen LogP contribution is 2.26. The van der Waals surface area contributed by atoms with Gasteiger partial charge < -0.3 is 5.32 Å². The Morgan fingerprint density at radius 3 is 2.17 bits per heavy atom. The lowest BCUT2D eigenvalue weighted by atomic mass is 9.87. The van der Waals surface area contributed by atoms with Crippen molar-refractivity contribution >= 4 is 23.1 Å².